The van der Waals surface area contributed by atoms with Crippen molar-refractivity contribution in [3.63, 3.8) is 0 Å². The van der Waals surface area contributed by atoms with Gasteiger partial charge in [-0.1, -0.05) is 64.0 Å². The highest BCUT2D eigenvalue weighted by molar-refractivity contribution is 14.1. The van der Waals surface area contributed by atoms with Crippen LogP contribution in [0, 0.1) is 0 Å². The van der Waals surface area contributed by atoms with Crippen molar-refractivity contribution in [2.45, 2.75) is 38.9 Å². The molecule has 1 aromatic rings. The molecule has 0 N–H and O–H groups in total. The van der Waals surface area contributed by atoms with Crippen molar-refractivity contribution in [2.75, 3.05) is 4.43 Å². The van der Waals surface area contributed by atoms with Crippen molar-refractivity contribution in [3.8, 4) is 0 Å². The normalized spacial score (nSPS) is 14.8. The van der Waals surface area contributed by atoms with E-state index in [2.05, 4.69) is 70.6 Å². The lowest BCUT2D eigenvalue weighted by Gasteiger charge is -2.21. The Morgan fingerprint density at radius 2 is 2.19 bits per heavy atom. The third-order valence-corrected chi connectivity index (χ3v) is 3.75. The van der Waals surface area contributed by atoms with E-state index < -0.39 is 0 Å². The van der Waals surface area contributed by atoms with E-state index >= 15 is 0 Å². The number of hydrogen-bond acceptors (Lipinski definition) is 1. The summed E-state index contributed by atoms with van der Waals surface area (Å²) in [6.45, 7) is 4.35. The molecule has 1 aromatic carbocycles. The maximum absolute atomic E-state index is 6.05. The van der Waals surface area contributed by atoms with E-state index in [0.717, 1.165) is 15.3 Å². The average molecular weight is 397 g/mol. The second-order valence-electron chi connectivity index (χ2n) is 3.93. The highest BCUT2D eigenvalue weighted by Gasteiger charge is 2.14. The van der Waals surface area contributed by atoms with Crippen molar-refractivity contribution < 1.29 is 4.74 Å². The van der Waals surface area contributed by atoms with Crippen LogP contribution in [0.2, 0.25) is 0 Å². The zero-order valence-corrected chi connectivity index (χ0v) is 13.5. The number of alkyl halides is 1. The summed E-state index contributed by atoms with van der Waals surface area (Å²) < 4.78 is 8.16. The Bertz CT molecular complexity index is 317. The Labute approximate surface area is 120 Å². The molecule has 0 amide bonds. The van der Waals surface area contributed by atoms with Crippen molar-refractivity contribution >= 4 is 38.5 Å². The molecule has 0 aliphatic heterocycles. The fourth-order valence-electron chi connectivity index (χ4n) is 1.67. The van der Waals surface area contributed by atoms with E-state index in [0.29, 0.717) is 6.10 Å². The van der Waals surface area contributed by atoms with Gasteiger partial charge in [-0.15, -0.1) is 0 Å². The Hall–Kier alpha value is 0.390. The summed E-state index contributed by atoms with van der Waals surface area (Å²) in [6, 6.07) is 8.38. The number of rotatable bonds is 6. The lowest BCUT2D eigenvalue weighted by Crippen LogP contribution is -2.14. The van der Waals surface area contributed by atoms with Crippen LogP contribution in [0.25, 0.3) is 0 Å². The second-order valence-corrected chi connectivity index (χ2v) is 5.73. The summed E-state index contributed by atoms with van der Waals surface area (Å²) in [7, 11) is 0. The van der Waals surface area contributed by atoms with Crippen LogP contribution in [0.3, 0.4) is 0 Å². The first-order valence-corrected chi connectivity index (χ1v) is 7.96. The number of ether oxygens (including phenoxy) is 1. The lowest BCUT2D eigenvalue weighted by molar-refractivity contribution is 0.00678. The largest absolute Gasteiger partial charge is 0.370 e. The highest BCUT2D eigenvalue weighted by atomic mass is 127. The molecule has 0 aliphatic rings. The summed E-state index contributed by atoms with van der Waals surface area (Å²) in [6.07, 6.45) is 2.85. The first-order valence-electron chi connectivity index (χ1n) is 5.64. The molecule has 2 atom stereocenters. The molecule has 0 aliphatic carbocycles. The van der Waals surface area contributed by atoms with E-state index in [9.17, 15) is 0 Å². The van der Waals surface area contributed by atoms with Gasteiger partial charge in [0.15, 0.2) is 0 Å². The molecular weight excluding hydrogens is 379 g/mol. The van der Waals surface area contributed by atoms with Gasteiger partial charge in [0.25, 0.3) is 0 Å². The zero-order chi connectivity index (χ0) is 12.0. The van der Waals surface area contributed by atoms with Crippen LogP contribution in [0.5, 0.6) is 0 Å². The molecule has 0 fully saturated rings. The highest BCUT2D eigenvalue weighted by Crippen LogP contribution is 2.25. The number of halogens is 2. The molecule has 1 rings (SSSR count). The minimum Gasteiger partial charge on any atom is -0.370 e. The van der Waals surface area contributed by atoms with Crippen LogP contribution in [-0.4, -0.2) is 10.5 Å². The SMILES string of the molecule is CCCC(C)OC(CI)c1cccc(Br)c1. The van der Waals surface area contributed by atoms with Crippen molar-refractivity contribution in [2.24, 2.45) is 0 Å². The zero-order valence-electron chi connectivity index (χ0n) is 9.75. The fourth-order valence-corrected chi connectivity index (χ4v) is 2.80. The Morgan fingerprint density at radius 3 is 2.75 bits per heavy atom. The first kappa shape index (κ1) is 14.5. The molecule has 0 radical (unpaired) electrons. The molecule has 1 nitrogen and oxygen atoms in total. The van der Waals surface area contributed by atoms with Gasteiger partial charge in [-0.05, 0) is 31.0 Å². The minimum absolute atomic E-state index is 0.208. The van der Waals surface area contributed by atoms with Crippen LogP contribution >= 0.6 is 38.5 Å². The van der Waals surface area contributed by atoms with Crippen molar-refractivity contribution in [1.29, 1.82) is 0 Å². The lowest BCUT2D eigenvalue weighted by atomic mass is 10.1. The molecule has 0 aromatic heterocycles. The summed E-state index contributed by atoms with van der Waals surface area (Å²) in [5.41, 5.74) is 1.26. The van der Waals surface area contributed by atoms with E-state index in [1.54, 1.807) is 0 Å². The number of hydrogen-bond donors (Lipinski definition) is 0. The van der Waals surface area contributed by atoms with Gasteiger partial charge in [0.05, 0.1) is 12.2 Å². The quantitative estimate of drug-likeness (QED) is 0.478. The van der Waals surface area contributed by atoms with Crippen LogP contribution in [0.15, 0.2) is 28.7 Å². The van der Waals surface area contributed by atoms with Gasteiger partial charge in [0.2, 0.25) is 0 Å². The van der Waals surface area contributed by atoms with Crippen LogP contribution in [0.4, 0.5) is 0 Å². The molecule has 2 unspecified atom stereocenters. The van der Waals surface area contributed by atoms with Gasteiger partial charge in [-0.3, -0.25) is 0 Å². The molecule has 0 bridgehead atoms. The third-order valence-electron chi connectivity index (χ3n) is 2.45. The van der Waals surface area contributed by atoms with Crippen LogP contribution in [-0.2, 0) is 4.74 Å². The molecule has 0 heterocycles. The molecule has 0 spiro atoms. The Kier molecular flexibility index (Phi) is 6.92. The number of benzene rings is 1. The predicted molar refractivity (Wildman–Crippen MR) is 81.2 cm³/mol. The Morgan fingerprint density at radius 1 is 1.44 bits per heavy atom. The molecule has 3 heteroatoms. The van der Waals surface area contributed by atoms with Crippen molar-refractivity contribution in [1.82, 2.24) is 0 Å². The summed E-state index contributed by atoms with van der Waals surface area (Å²) in [5, 5.41) is 0. The van der Waals surface area contributed by atoms with E-state index in [1.807, 2.05) is 6.07 Å². The van der Waals surface area contributed by atoms with E-state index in [1.165, 1.54) is 12.0 Å². The smallest absolute Gasteiger partial charge is 0.0918 e. The minimum atomic E-state index is 0.208. The molecule has 90 valence electrons. The first-order chi connectivity index (χ1) is 7.67. The Balaban J connectivity index is 2.67. The van der Waals surface area contributed by atoms with Crippen LogP contribution < -0.4 is 0 Å². The molecular formula is C13H18BrIO. The average Bonchev–Trinajstić information content (AvgIpc) is 2.26. The van der Waals surface area contributed by atoms with Gasteiger partial charge in [0.1, 0.15) is 0 Å². The molecule has 0 saturated carbocycles. The standard InChI is InChI=1S/C13H18BrIO/c1-3-5-10(2)16-13(9-15)11-6-4-7-12(14)8-11/h4,6-8,10,13H,3,5,9H2,1-2H3. The molecule has 16 heavy (non-hydrogen) atoms. The van der Waals surface area contributed by atoms with Crippen molar-refractivity contribution in [3.05, 3.63) is 34.3 Å². The van der Waals surface area contributed by atoms with Gasteiger partial charge in [-0.2, -0.15) is 0 Å². The van der Waals surface area contributed by atoms with E-state index in [4.69, 9.17) is 4.74 Å². The molecule has 0 saturated heterocycles. The predicted octanol–water partition coefficient (Wildman–Crippen LogP) is 5.13. The van der Waals surface area contributed by atoms with Gasteiger partial charge in [-0.25, -0.2) is 0 Å². The topological polar surface area (TPSA) is 9.23 Å². The van der Waals surface area contributed by atoms with Gasteiger partial charge < -0.3 is 4.74 Å². The maximum Gasteiger partial charge on any atom is 0.0918 e. The monoisotopic (exact) mass is 396 g/mol. The second kappa shape index (κ2) is 7.67. The van der Waals surface area contributed by atoms with Gasteiger partial charge >= 0.3 is 0 Å². The summed E-state index contributed by atoms with van der Waals surface area (Å²) in [4.78, 5) is 0. The third kappa shape index (κ3) is 4.72. The van der Waals surface area contributed by atoms with Gasteiger partial charge in [0, 0.05) is 8.90 Å². The fraction of sp³-hybridized carbons (Fsp3) is 0.538. The van der Waals surface area contributed by atoms with Crippen LogP contribution in [0.1, 0.15) is 38.4 Å². The maximum atomic E-state index is 6.05. The summed E-state index contributed by atoms with van der Waals surface area (Å²) >= 11 is 5.88. The van der Waals surface area contributed by atoms with E-state index in [-0.39, 0.29) is 6.10 Å². The summed E-state index contributed by atoms with van der Waals surface area (Å²) in [5.74, 6) is 0.